The fraction of sp³-hybridized carbons (Fsp3) is 0. The number of benzene rings is 1. The van der Waals surface area contributed by atoms with Crippen molar-refractivity contribution in [3.05, 3.63) is 45.6 Å². The van der Waals surface area contributed by atoms with Crippen LogP contribution >= 0.6 is 22.9 Å². The van der Waals surface area contributed by atoms with E-state index < -0.39 is 0 Å². The highest BCUT2D eigenvalue weighted by atomic mass is 35.5. The van der Waals surface area contributed by atoms with Crippen LogP contribution in [-0.4, -0.2) is 11.0 Å². The molecule has 1 amide bonds. The lowest BCUT2D eigenvalue weighted by Gasteiger charge is -2.04. The third kappa shape index (κ3) is 2.35. The summed E-state index contributed by atoms with van der Waals surface area (Å²) in [6, 6.07) is 8.08. The van der Waals surface area contributed by atoms with Crippen LogP contribution in [-0.2, 0) is 0 Å². The second kappa shape index (κ2) is 4.55. The number of hydrogen-bond acceptors (Lipinski definition) is 3. The van der Waals surface area contributed by atoms with Crippen molar-refractivity contribution in [2.24, 2.45) is 0 Å². The zero-order valence-electron chi connectivity index (χ0n) is 8.11. The van der Waals surface area contributed by atoms with E-state index in [4.69, 9.17) is 11.6 Å². The molecule has 1 aromatic heterocycles. The summed E-state index contributed by atoms with van der Waals surface area (Å²) >= 11 is 7.09. The molecule has 0 saturated carbocycles. The van der Waals surface area contributed by atoms with E-state index in [0.717, 1.165) is 0 Å². The van der Waals surface area contributed by atoms with Crippen molar-refractivity contribution < 1.29 is 9.90 Å². The highest BCUT2D eigenvalue weighted by Gasteiger charge is 2.07. The molecule has 0 aliphatic carbocycles. The Labute approximate surface area is 101 Å². The second-order valence-electron chi connectivity index (χ2n) is 3.10. The van der Waals surface area contributed by atoms with Crippen molar-refractivity contribution in [1.82, 2.24) is 0 Å². The Bertz CT molecular complexity index is 511. The van der Waals surface area contributed by atoms with Gasteiger partial charge in [-0.3, -0.25) is 4.79 Å². The molecular weight excluding hydrogens is 246 g/mol. The molecule has 5 heteroatoms. The van der Waals surface area contributed by atoms with Gasteiger partial charge < -0.3 is 10.4 Å². The first-order valence-electron chi connectivity index (χ1n) is 4.50. The highest BCUT2D eigenvalue weighted by molar-refractivity contribution is 7.12. The van der Waals surface area contributed by atoms with Crippen LogP contribution in [0.15, 0.2) is 35.7 Å². The fourth-order valence-corrected chi connectivity index (χ4v) is 1.98. The van der Waals surface area contributed by atoms with E-state index in [9.17, 15) is 9.90 Å². The third-order valence-electron chi connectivity index (χ3n) is 1.95. The van der Waals surface area contributed by atoms with E-state index in [1.807, 2.05) is 11.4 Å². The predicted octanol–water partition coefficient (Wildman–Crippen LogP) is 3.36. The Kier molecular flexibility index (Phi) is 3.12. The van der Waals surface area contributed by atoms with Gasteiger partial charge in [0, 0.05) is 5.69 Å². The van der Waals surface area contributed by atoms with Crippen LogP contribution in [0.25, 0.3) is 0 Å². The molecule has 2 N–H and O–H groups in total. The van der Waals surface area contributed by atoms with Gasteiger partial charge in [0.15, 0.2) is 0 Å². The number of aromatic hydroxyl groups is 1. The Morgan fingerprint density at radius 1 is 1.38 bits per heavy atom. The molecule has 2 rings (SSSR count). The number of carbonyl (C=O) groups is 1. The summed E-state index contributed by atoms with van der Waals surface area (Å²) in [7, 11) is 0. The Hall–Kier alpha value is -1.52. The molecule has 16 heavy (non-hydrogen) atoms. The molecule has 0 fully saturated rings. The van der Waals surface area contributed by atoms with Gasteiger partial charge in [0.1, 0.15) is 5.75 Å². The number of phenols is 1. The fourth-order valence-electron chi connectivity index (χ4n) is 1.19. The van der Waals surface area contributed by atoms with Crippen molar-refractivity contribution in [3.8, 4) is 5.75 Å². The molecule has 0 spiro atoms. The number of phenolic OH excluding ortho intramolecular Hbond substituents is 1. The summed E-state index contributed by atoms with van der Waals surface area (Å²) in [5.41, 5.74) is 0.557. The molecule has 3 nitrogen and oxygen atoms in total. The normalized spacial score (nSPS) is 10.1. The molecule has 0 radical (unpaired) electrons. The number of nitrogens with one attached hydrogen (secondary N) is 1. The summed E-state index contributed by atoms with van der Waals surface area (Å²) in [6.07, 6.45) is 0. The summed E-state index contributed by atoms with van der Waals surface area (Å²) in [5, 5.41) is 14.0. The van der Waals surface area contributed by atoms with E-state index in [0.29, 0.717) is 10.6 Å². The molecule has 2 aromatic rings. The predicted molar refractivity (Wildman–Crippen MR) is 65.4 cm³/mol. The molecule has 1 heterocycles. The zero-order chi connectivity index (χ0) is 11.5. The molecule has 0 bridgehead atoms. The molecule has 1 aromatic carbocycles. The first-order valence-corrected chi connectivity index (χ1v) is 5.76. The lowest BCUT2D eigenvalue weighted by atomic mass is 10.3. The van der Waals surface area contributed by atoms with Crippen LogP contribution in [0.1, 0.15) is 9.67 Å². The van der Waals surface area contributed by atoms with Crippen LogP contribution < -0.4 is 5.32 Å². The lowest BCUT2D eigenvalue weighted by molar-refractivity contribution is 0.103. The van der Waals surface area contributed by atoms with Gasteiger partial charge >= 0.3 is 0 Å². The van der Waals surface area contributed by atoms with Gasteiger partial charge in [-0.1, -0.05) is 17.7 Å². The molecule has 0 atom stereocenters. The minimum atomic E-state index is -0.184. The standard InChI is InChI=1S/C11H8ClNO2S/c12-8-6-7(3-4-9(8)14)13-11(15)10-2-1-5-16-10/h1-6,14H,(H,13,15). The summed E-state index contributed by atoms with van der Waals surface area (Å²) in [4.78, 5) is 12.3. The smallest absolute Gasteiger partial charge is 0.265 e. The van der Waals surface area contributed by atoms with Crippen LogP contribution in [0.3, 0.4) is 0 Å². The molecule has 0 aliphatic rings. The van der Waals surface area contributed by atoms with Gasteiger partial charge in [0.25, 0.3) is 5.91 Å². The Morgan fingerprint density at radius 3 is 2.81 bits per heavy atom. The van der Waals surface area contributed by atoms with E-state index >= 15 is 0 Å². The van der Waals surface area contributed by atoms with Crippen molar-refractivity contribution in [3.63, 3.8) is 0 Å². The van der Waals surface area contributed by atoms with Gasteiger partial charge in [-0.05, 0) is 29.6 Å². The number of thiophene rings is 1. The SMILES string of the molecule is O=C(Nc1ccc(O)c(Cl)c1)c1cccs1. The van der Waals surface area contributed by atoms with Crippen LogP contribution in [0.2, 0.25) is 5.02 Å². The summed E-state index contributed by atoms with van der Waals surface area (Å²) < 4.78 is 0. The molecule has 82 valence electrons. The third-order valence-corrected chi connectivity index (χ3v) is 3.12. The lowest BCUT2D eigenvalue weighted by Crippen LogP contribution is -2.09. The van der Waals surface area contributed by atoms with Crippen molar-refractivity contribution in [1.29, 1.82) is 0 Å². The van der Waals surface area contributed by atoms with Crippen LogP contribution in [0.5, 0.6) is 5.75 Å². The highest BCUT2D eigenvalue weighted by Crippen LogP contribution is 2.26. The minimum absolute atomic E-state index is 0.00390. The monoisotopic (exact) mass is 253 g/mol. The molecule has 0 unspecified atom stereocenters. The number of anilines is 1. The number of halogens is 1. The number of carbonyl (C=O) groups excluding carboxylic acids is 1. The second-order valence-corrected chi connectivity index (χ2v) is 4.45. The minimum Gasteiger partial charge on any atom is -0.506 e. The van der Waals surface area contributed by atoms with Gasteiger partial charge in [0.2, 0.25) is 0 Å². The van der Waals surface area contributed by atoms with Gasteiger partial charge in [0.05, 0.1) is 9.90 Å². The molecular formula is C11H8ClNO2S. The van der Waals surface area contributed by atoms with Crippen molar-refractivity contribution >= 4 is 34.5 Å². The van der Waals surface area contributed by atoms with E-state index in [-0.39, 0.29) is 16.7 Å². The van der Waals surface area contributed by atoms with Gasteiger partial charge in [-0.15, -0.1) is 11.3 Å². The first-order chi connectivity index (χ1) is 7.66. The van der Waals surface area contributed by atoms with E-state index in [1.54, 1.807) is 12.1 Å². The molecule has 0 aliphatic heterocycles. The topological polar surface area (TPSA) is 49.3 Å². The van der Waals surface area contributed by atoms with Gasteiger partial charge in [-0.2, -0.15) is 0 Å². The average molecular weight is 254 g/mol. The van der Waals surface area contributed by atoms with Crippen LogP contribution in [0, 0.1) is 0 Å². The summed E-state index contributed by atoms with van der Waals surface area (Å²) in [6.45, 7) is 0. The van der Waals surface area contributed by atoms with Crippen molar-refractivity contribution in [2.75, 3.05) is 5.32 Å². The van der Waals surface area contributed by atoms with Gasteiger partial charge in [-0.25, -0.2) is 0 Å². The first kappa shape index (κ1) is 11.0. The van der Waals surface area contributed by atoms with E-state index in [2.05, 4.69) is 5.32 Å². The van der Waals surface area contributed by atoms with E-state index in [1.165, 1.54) is 23.5 Å². The van der Waals surface area contributed by atoms with Crippen molar-refractivity contribution in [2.45, 2.75) is 0 Å². The Balaban J connectivity index is 2.15. The summed E-state index contributed by atoms with van der Waals surface area (Å²) in [5.74, 6) is -0.187. The number of amides is 1. The number of rotatable bonds is 2. The maximum absolute atomic E-state index is 11.7. The maximum Gasteiger partial charge on any atom is 0.265 e. The molecule has 0 saturated heterocycles. The quantitative estimate of drug-likeness (QED) is 0.807. The zero-order valence-corrected chi connectivity index (χ0v) is 9.68. The van der Waals surface area contributed by atoms with Crippen LogP contribution in [0.4, 0.5) is 5.69 Å². The largest absolute Gasteiger partial charge is 0.506 e. The number of hydrogen-bond donors (Lipinski definition) is 2. The Morgan fingerprint density at radius 2 is 2.19 bits per heavy atom. The average Bonchev–Trinajstić information content (AvgIpc) is 2.77. The maximum atomic E-state index is 11.7.